The van der Waals surface area contributed by atoms with Crippen LogP contribution in [-0.2, 0) is 32.7 Å². The van der Waals surface area contributed by atoms with E-state index in [9.17, 15) is 54.8 Å². The summed E-state index contributed by atoms with van der Waals surface area (Å²) in [6, 6.07) is 0. The van der Waals surface area contributed by atoms with Crippen molar-refractivity contribution in [3.8, 4) is 0 Å². The van der Waals surface area contributed by atoms with Gasteiger partial charge in [0.25, 0.3) is 0 Å². The Labute approximate surface area is 387 Å². The second kappa shape index (κ2) is 38.0. The number of hydrogen-bond donors (Lipinski definition) is 8. The minimum atomic E-state index is -5.21. The third-order valence-corrected chi connectivity index (χ3v) is 11.4. The molecule has 0 bridgehead atoms. The second-order valence-electron chi connectivity index (χ2n) is 16.2. The highest BCUT2D eigenvalue weighted by Crippen LogP contribution is 2.47. The minimum absolute atomic E-state index is 0.0444. The molecule has 0 spiro atoms. The predicted octanol–water partition coefficient (Wildman–Crippen LogP) is 7.22. The Morgan fingerprint density at radius 3 is 1.46 bits per heavy atom. The third kappa shape index (κ3) is 30.1. The van der Waals surface area contributed by atoms with Gasteiger partial charge in [-0.15, -0.1) is 0 Å². The standard InChI is InChI=1S/C49H81O15P/c1-3-5-7-9-11-13-15-17-18-19-20-21-23-25-27-29-31-35-43(53)63-39(38-62-65(59,60)64-49-47(57)45(55)44(54)46(56)48(49)58)37-61-42(52)36-32-34-41(51)40(50)33-30-28-26-24-22-16-14-12-10-8-6-4-2/h11-14,17-18,20-22,24-25,27-28,30,39-41,44-51,54-58H,3-10,15-16,19,23,26,29,31-38H2,1-2H3,(H,59,60)/b13-11-,14-12-,18-17-,21-20-,24-22-,27-25-,30-28-/t39-,40?,41?,44?,45-,46+,47-,48-,49?/m1/s1. The summed E-state index contributed by atoms with van der Waals surface area (Å²) in [5.74, 6) is -1.46. The number of aliphatic hydroxyl groups is 7. The largest absolute Gasteiger partial charge is 0.472 e. The third-order valence-electron chi connectivity index (χ3n) is 10.4. The van der Waals surface area contributed by atoms with Crippen LogP contribution in [0.2, 0.25) is 0 Å². The average molecular weight is 941 g/mol. The second-order valence-corrected chi connectivity index (χ2v) is 17.6. The number of hydrogen-bond acceptors (Lipinski definition) is 14. The van der Waals surface area contributed by atoms with Crippen molar-refractivity contribution in [2.24, 2.45) is 0 Å². The van der Waals surface area contributed by atoms with E-state index in [-0.39, 0.29) is 32.1 Å². The maximum Gasteiger partial charge on any atom is 0.472 e. The summed E-state index contributed by atoms with van der Waals surface area (Å²) in [7, 11) is -5.21. The number of aliphatic hydroxyl groups excluding tert-OH is 7. The van der Waals surface area contributed by atoms with Crippen LogP contribution in [0.4, 0.5) is 0 Å². The highest BCUT2D eigenvalue weighted by molar-refractivity contribution is 7.47. The molecule has 0 aromatic rings. The molecule has 0 heterocycles. The summed E-state index contributed by atoms with van der Waals surface area (Å²) in [4.78, 5) is 35.8. The molecule has 1 aliphatic carbocycles. The molecule has 1 aliphatic rings. The Hall–Kier alpha value is -3.05. The van der Waals surface area contributed by atoms with Gasteiger partial charge in [-0.05, 0) is 89.9 Å². The zero-order chi connectivity index (χ0) is 48.1. The van der Waals surface area contributed by atoms with E-state index < -0.39 is 87.9 Å². The molecule has 1 fully saturated rings. The Kier molecular flexibility index (Phi) is 35.0. The van der Waals surface area contributed by atoms with Gasteiger partial charge in [0.05, 0.1) is 18.8 Å². The van der Waals surface area contributed by atoms with Crippen LogP contribution in [0.1, 0.15) is 142 Å². The number of phosphoric ester groups is 1. The minimum Gasteiger partial charge on any atom is -0.462 e. The lowest BCUT2D eigenvalue weighted by Crippen LogP contribution is -2.64. The molecule has 0 radical (unpaired) electrons. The van der Waals surface area contributed by atoms with Crippen LogP contribution in [-0.4, -0.2) is 121 Å². The average Bonchev–Trinajstić information content (AvgIpc) is 3.28. The van der Waals surface area contributed by atoms with Crippen molar-refractivity contribution in [3.05, 3.63) is 85.1 Å². The van der Waals surface area contributed by atoms with E-state index in [4.69, 9.17) is 18.5 Å². The first-order chi connectivity index (χ1) is 31.2. The number of esters is 2. The molecule has 65 heavy (non-hydrogen) atoms. The van der Waals surface area contributed by atoms with Crippen molar-refractivity contribution in [1.82, 2.24) is 0 Å². The number of carbonyl (C=O) groups is 2. The molecule has 10 atom stereocenters. The van der Waals surface area contributed by atoms with Crippen molar-refractivity contribution in [3.63, 3.8) is 0 Å². The molecule has 15 nitrogen and oxygen atoms in total. The van der Waals surface area contributed by atoms with Gasteiger partial charge < -0.3 is 50.1 Å². The van der Waals surface area contributed by atoms with Gasteiger partial charge in [-0.2, -0.15) is 0 Å². The van der Waals surface area contributed by atoms with E-state index in [1.54, 1.807) is 6.08 Å². The topological polar surface area (TPSA) is 250 Å². The van der Waals surface area contributed by atoms with Crippen molar-refractivity contribution in [1.29, 1.82) is 0 Å². The molecule has 0 saturated heterocycles. The maximum atomic E-state index is 12.8. The quantitative estimate of drug-likeness (QED) is 0.0133. The molecule has 8 N–H and O–H groups in total. The fourth-order valence-corrected chi connectivity index (χ4v) is 7.41. The van der Waals surface area contributed by atoms with E-state index in [0.29, 0.717) is 19.3 Å². The molecule has 0 aliphatic heterocycles. The molecule has 372 valence electrons. The Morgan fingerprint density at radius 2 is 0.969 bits per heavy atom. The van der Waals surface area contributed by atoms with E-state index >= 15 is 0 Å². The van der Waals surface area contributed by atoms with Crippen molar-refractivity contribution in [2.75, 3.05) is 13.2 Å². The highest BCUT2D eigenvalue weighted by atomic mass is 31.2. The van der Waals surface area contributed by atoms with Crippen LogP contribution < -0.4 is 0 Å². The molecule has 0 aromatic heterocycles. The first-order valence-electron chi connectivity index (χ1n) is 23.6. The Bertz CT molecular complexity index is 1490. The monoisotopic (exact) mass is 941 g/mol. The number of allylic oxidation sites excluding steroid dienone is 13. The van der Waals surface area contributed by atoms with Crippen LogP contribution in [0.5, 0.6) is 0 Å². The SMILES string of the molecule is CCCCC/C=C\C/C=C\C/C=C\C/C=C\CCCC(=O)O[C@H](COC(=O)CCCC(O)C(O)C/C=C\C/C=C\C/C=C\CCCCC)COP(=O)(O)OC1[C@H](O)[C@H](O)C(O)[C@H](O)[C@H]1O. The fourth-order valence-electron chi connectivity index (χ4n) is 6.44. The van der Waals surface area contributed by atoms with E-state index in [1.807, 2.05) is 24.3 Å². The summed E-state index contributed by atoms with van der Waals surface area (Å²) in [6.45, 7) is 2.93. The maximum absolute atomic E-state index is 12.8. The van der Waals surface area contributed by atoms with Crippen LogP contribution in [0.3, 0.4) is 0 Å². The van der Waals surface area contributed by atoms with Crippen LogP contribution in [0, 0.1) is 0 Å². The summed E-state index contributed by atoms with van der Waals surface area (Å²) >= 11 is 0. The summed E-state index contributed by atoms with van der Waals surface area (Å²) in [6.07, 6.45) is 27.9. The number of rotatable bonds is 37. The number of phosphoric acid groups is 1. The zero-order valence-electron chi connectivity index (χ0n) is 38.7. The van der Waals surface area contributed by atoms with Gasteiger partial charge in [0.2, 0.25) is 0 Å². The zero-order valence-corrected chi connectivity index (χ0v) is 39.6. The smallest absolute Gasteiger partial charge is 0.462 e. The fraction of sp³-hybridized carbons (Fsp3) is 0.673. The highest BCUT2D eigenvalue weighted by Gasteiger charge is 2.51. The van der Waals surface area contributed by atoms with Gasteiger partial charge in [-0.3, -0.25) is 18.6 Å². The molecule has 1 saturated carbocycles. The van der Waals surface area contributed by atoms with E-state index in [1.165, 1.54) is 38.5 Å². The lowest BCUT2D eigenvalue weighted by Gasteiger charge is -2.41. The summed E-state index contributed by atoms with van der Waals surface area (Å²) in [5, 5.41) is 70.9. The van der Waals surface area contributed by atoms with Crippen LogP contribution >= 0.6 is 7.82 Å². The predicted molar refractivity (Wildman–Crippen MR) is 251 cm³/mol. The summed E-state index contributed by atoms with van der Waals surface area (Å²) in [5.41, 5.74) is 0. The molecular weight excluding hydrogens is 859 g/mol. The Balaban J connectivity index is 2.62. The van der Waals surface area contributed by atoms with Crippen LogP contribution in [0.25, 0.3) is 0 Å². The van der Waals surface area contributed by atoms with E-state index in [2.05, 4.69) is 68.5 Å². The van der Waals surface area contributed by atoms with Gasteiger partial charge in [0, 0.05) is 12.8 Å². The number of carbonyl (C=O) groups excluding carboxylic acids is 2. The lowest BCUT2D eigenvalue weighted by atomic mass is 9.85. The number of unbranched alkanes of at least 4 members (excludes halogenated alkanes) is 7. The number of ether oxygens (including phenoxy) is 2. The van der Waals surface area contributed by atoms with Crippen molar-refractivity contribution < 1.29 is 73.3 Å². The first-order valence-corrected chi connectivity index (χ1v) is 25.1. The van der Waals surface area contributed by atoms with Gasteiger partial charge in [-0.1, -0.05) is 125 Å². The molecule has 1 rings (SSSR count). The molecule has 0 amide bonds. The van der Waals surface area contributed by atoms with Crippen molar-refractivity contribution >= 4 is 19.8 Å². The Morgan fingerprint density at radius 1 is 0.538 bits per heavy atom. The van der Waals surface area contributed by atoms with Gasteiger partial charge in [0.1, 0.15) is 43.2 Å². The van der Waals surface area contributed by atoms with Crippen LogP contribution in [0.15, 0.2) is 85.1 Å². The first kappa shape index (κ1) is 60.0. The molecule has 0 aromatic carbocycles. The lowest BCUT2D eigenvalue weighted by molar-refractivity contribution is -0.220. The molecular formula is C49H81O15P. The summed E-state index contributed by atoms with van der Waals surface area (Å²) < 4.78 is 33.3. The van der Waals surface area contributed by atoms with Gasteiger partial charge >= 0.3 is 19.8 Å². The van der Waals surface area contributed by atoms with E-state index in [0.717, 1.165) is 38.5 Å². The molecule has 16 heteroatoms. The van der Waals surface area contributed by atoms with Gasteiger partial charge in [-0.25, -0.2) is 4.57 Å². The molecule has 5 unspecified atom stereocenters. The normalized spacial score (nSPS) is 23.2. The van der Waals surface area contributed by atoms with Crippen molar-refractivity contribution in [2.45, 2.75) is 197 Å². The van der Waals surface area contributed by atoms with Gasteiger partial charge in [0.15, 0.2) is 6.10 Å².